The monoisotopic (exact) mass is 306 g/mol. The van der Waals surface area contributed by atoms with Gasteiger partial charge in [0, 0.05) is 10.6 Å². The lowest BCUT2D eigenvalue weighted by atomic mass is 9.82. The highest BCUT2D eigenvalue weighted by atomic mass is 32.2. The van der Waals surface area contributed by atoms with Gasteiger partial charge in [-0.1, -0.05) is 12.1 Å². The van der Waals surface area contributed by atoms with Gasteiger partial charge in [-0.15, -0.1) is 11.8 Å². The summed E-state index contributed by atoms with van der Waals surface area (Å²) in [5, 5.41) is 0. The molecule has 2 aliphatic rings. The molecule has 0 amide bonds. The number of hydrogen-bond donors (Lipinski definition) is 0. The van der Waals surface area contributed by atoms with Gasteiger partial charge in [0.2, 0.25) is 0 Å². The molecule has 1 aromatic carbocycles. The third-order valence-corrected chi connectivity index (χ3v) is 5.36. The highest BCUT2D eigenvalue weighted by Gasteiger charge is 2.51. The van der Waals surface area contributed by atoms with Crippen LogP contribution in [0, 0.1) is 5.92 Å². The van der Waals surface area contributed by atoms with Gasteiger partial charge in [-0.3, -0.25) is 4.79 Å². The predicted octanol–water partition coefficient (Wildman–Crippen LogP) is 3.70. The molecule has 1 saturated heterocycles. The van der Waals surface area contributed by atoms with Crippen LogP contribution >= 0.6 is 11.8 Å². The van der Waals surface area contributed by atoms with Crippen LogP contribution in [0.5, 0.6) is 5.75 Å². The molecule has 0 aliphatic carbocycles. The number of rotatable bonds is 2. The number of ether oxygens (including phenoxy) is 2. The van der Waals surface area contributed by atoms with Gasteiger partial charge in [0.1, 0.15) is 5.75 Å². The molecule has 0 aromatic heterocycles. The van der Waals surface area contributed by atoms with Crippen LogP contribution in [-0.2, 0) is 9.53 Å². The summed E-state index contributed by atoms with van der Waals surface area (Å²) in [6.45, 7) is 8.12. The molecule has 1 fully saturated rings. The molecule has 2 heterocycles. The van der Waals surface area contributed by atoms with Gasteiger partial charge < -0.3 is 9.47 Å². The van der Waals surface area contributed by atoms with Crippen molar-refractivity contribution < 1.29 is 14.3 Å². The van der Waals surface area contributed by atoms with E-state index in [1.165, 1.54) is 0 Å². The Hall–Kier alpha value is -1.00. The Kier molecular flexibility index (Phi) is 3.57. The fourth-order valence-electron chi connectivity index (χ4n) is 3.39. The van der Waals surface area contributed by atoms with Crippen molar-refractivity contribution in [2.75, 3.05) is 5.75 Å². The zero-order valence-electron chi connectivity index (χ0n) is 13.0. The number of thioether (sulfide) groups is 1. The van der Waals surface area contributed by atoms with Crippen molar-refractivity contribution in [2.24, 2.45) is 5.92 Å². The van der Waals surface area contributed by atoms with Crippen molar-refractivity contribution in [3.05, 3.63) is 24.3 Å². The van der Waals surface area contributed by atoms with Crippen LogP contribution in [0.15, 0.2) is 29.2 Å². The molecular weight excluding hydrogens is 284 g/mol. The van der Waals surface area contributed by atoms with E-state index in [0.717, 1.165) is 17.1 Å². The van der Waals surface area contributed by atoms with Gasteiger partial charge in [0.05, 0.1) is 17.1 Å². The summed E-state index contributed by atoms with van der Waals surface area (Å²) < 4.78 is 12.0. The number of ketones is 1. The Morgan fingerprint density at radius 3 is 2.62 bits per heavy atom. The first-order valence-electron chi connectivity index (χ1n) is 7.41. The van der Waals surface area contributed by atoms with Crippen molar-refractivity contribution in [1.82, 2.24) is 0 Å². The van der Waals surface area contributed by atoms with E-state index in [0.29, 0.717) is 5.75 Å². The third-order valence-electron chi connectivity index (χ3n) is 4.24. The molecule has 3 rings (SSSR count). The van der Waals surface area contributed by atoms with Gasteiger partial charge in [-0.25, -0.2) is 0 Å². The number of Topliss-reactive ketones (excluding diaryl/α,β-unsaturated/α-hetero) is 1. The maximum atomic E-state index is 12.9. The van der Waals surface area contributed by atoms with E-state index in [2.05, 4.69) is 0 Å². The van der Waals surface area contributed by atoms with Crippen molar-refractivity contribution in [1.29, 1.82) is 0 Å². The van der Waals surface area contributed by atoms with Crippen LogP contribution in [0.3, 0.4) is 0 Å². The molecule has 0 radical (unpaired) electrons. The van der Waals surface area contributed by atoms with Crippen LogP contribution in [0.2, 0.25) is 0 Å². The van der Waals surface area contributed by atoms with E-state index >= 15 is 0 Å². The molecule has 1 aromatic rings. The second kappa shape index (κ2) is 5.03. The number of para-hydroxylation sites is 1. The predicted molar refractivity (Wildman–Crippen MR) is 83.9 cm³/mol. The Bertz CT molecular complexity index is 565. The average molecular weight is 306 g/mol. The molecule has 3 nitrogen and oxygen atoms in total. The first-order chi connectivity index (χ1) is 9.78. The SMILES string of the molecule is CC1(C)CC(C(=O)C2CSc3ccccc3O2)C(C)(C)O1. The molecule has 21 heavy (non-hydrogen) atoms. The number of carbonyl (C=O) groups excluding carboxylic acids is 1. The molecule has 4 heteroatoms. The Balaban J connectivity index is 1.78. The van der Waals surface area contributed by atoms with Gasteiger partial charge in [-0.2, -0.15) is 0 Å². The second-order valence-electron chi connectivity index (χ2n) is 6.99. The Labute approximate surface area is 130 Å². The summed E-state index contributed by atoms with van der Waals surface area (Å²) in [6, 6.07) is 7.90. The summed E-state index contributed by atoms with van der Waals surface area (Å²) in [7, 11) is 0. The highest BCUT2D eigenvalue weighted by Crippen LogP contribution is 2.44. The van der Waals surface area contributed by atoms with Crippen LogP contribution in [0.1, 0.15) is 34.1 Å². The molecule has 114 valence electrons. The van der Waals surface area contributed by atoms with Crippen LogP contribution in [0.25, 0.3) is 0 Å². The number of hydrogen-bond acceptors (Lipinski definition) is 4. The minimum atomic E-state index is -0.425. The third kappa shape index (κ3) is 2.84. The van der Waals surface area contributed by atoms with Gasteiger partial charge in [0.15, 0.2) is 11.9 Å². The quantitative estimate of drug-likeness (QED) is 0.834. The lowest BCUT2D eigenvalue weighted by molar-refractivity contribution is -0.135. The minimum Gasteiger partial charge on any atom is -0.481 e. The topological polar surface area (TPSA) is 35.5 Å². The maximum Gasteiger partial charge on any atom is 0.180 e. The lowest BCUT2D eigenvalue weighted by Crippen LogP contribution is -2.43. The summed E-state index contributed by atoms with van der Waals surface area (Å²) in [6.07, 6.45) is 0.386. The van der Waals surface area contributed by atoms with Crippen LogP contribution in [0.4, 0.5) is 0 Å². The first kappa shape index (κ1) is 14.9. The van der Waals surface area contributed by atoms with Gasteiger partial charge in [-0.05, 0) is 46.2 Å². The Morgan fingerprint density at radius 1 is 1.24 bits per heavy atom. The zero-order chi connectivity index (χ0) is 15.3. The van der Waals surface area contributed by atoms with E-state index in [1.807, 2.05) is 52.0 Å². The van der Waals surface area contributed by atoms with Crippen molar-refractivity contribution in [3.8, 4) is 5.75 Å². The first-order valence-corrected chi connectivity index (χ1v) is 8.39. The van der Waals surface area contributed by atoms with Crippen molar-refractivity contribution in [2.45, 2.75) is 56.3 Å². The van der Waals surface area contributed by atoms with Gasteiger partial charge >= 0.3 is 0 Å². The molecule has 2 aliphatic heterocycles. The summed E-state index contributed by atoms with van der Waals surface area (Å²) in [5.74, 6) is 1.57. The highest BCUT2D eigenvalue weighted by molar-refractivity contribution is 7.99. The van der Waals surface area contributed by atoms with E-state index in [1.54, 1.807) is 11.8 Å². The molecule has 0 N–H and O–H groups in total. The zero-order valence-corrected chi connectivity index (χ0v) is 13.8. The molecule has 0 saturated carbocycles. The maximum absolute atomic E-state index is 12.9. The number of carbonyl (C=O) groups is 1. The second-order valence-corrected chi connectivity index (χ2v) is 8.05. The smallest absolute Gasteiger partial charge is 0.180 e. The fourth-order valence-corrected chi connectivity index (χ4v) is 4.39. The van der Waals surface area contributed by atoms with Crippen LogP contribution < -0.4 is 4.74 Å². The largest absolute Gasteiger partial charge is 0.481 e. The van der Waals surface area contributed by atoms with Gasteiger partial charge in [0.25, 0.3) is 0 Å². The Morgan fingerprint density at radius 2 is 1.95 bits per heavy atom. The van der Waals surface area contributed by atoms with E-state index < -0.39 is 5.60 Å². The van der Waals surface area contributed by atoms with E-state index in [9.17, 15) is 4.79 Å². The van der Waals surface area contributed by atoms with Crippen molar-refractivity contribution >= 4 is 17.5 Å². The molecule has 0 bridgehead atoms. The van der Waals surface area contributed by atoms with Crippen molar-refractivity contribution in [3.63, 3.8) is 0 Å². The molecule has 0 spiro atoms. The normalized spacial score (nSPS) is 29.5. The fraction of sp³-hybridized carbons (Fsp3) is 0.588. The summed E-state index contributed by atoms with van der Waals surface area (Å²) >= 11 is 1.70. The standard InChI is InChI=1S/C17H22O3S/c1-16(2)9-11(17(3,4)20-16)15(18)13-10-21-14-8-6-5-7-12(14)19-13/h5-8,11,13H,9-10H2,1-4H3. The summed E-state index contributed by atoms with van der Waals surface area (Å²) in [5.41, 5.74) is -0.672. The molecular formula is C17H22O3S. The van der Waals surface area contributed by atoms with E-state index in [4.69, 9.17) is 9.47 Å². The lowest BCUT2D eigenvalue weighted by Gasteiger charge is -2.31. The molecule has 2 unspecified atom stereocenters. The summed E-state index contributed by atoms with van der Waals surface area (Å²) in [4.78, 5) is 14.0. The molecule has 2 atom stereocenters. The average Bonchev–Trinajstić information content (AvgIpc) is 2.65. The number of fused-ring (bicyclic) bond motifs is 1. The van der Waals surface area contributed by atoms with E-state index in [-0.39, 0.29) is 23.4 Å². The number of benzene rings is 1. The minimum absolute atomic E-state index is 0.108. The van der Waals surface area contributed by atoms with Crippen LogP contribution in [-0.4, -0.2) is 28.8 Å².